The number of non-ortho nitro benzene ring substituents is 1. The number of nitriles is 1. The second kappa shape index (κ2) is 5.67. The van der Waals surface area contributed by atoms with Gasteiger partial charge in [0.15, 0.2) is 0 Å². The molecule has 1 aromatic carbocycles. The van der Waals surface area contributed by atoms with Crippen molar-refractivity contribution in [3.05, 3.63) is 33.9 Å². The van der Waals surface area contributed by atoms with Crippen molar-refractivity contribution in [2.45, 2.75) is 25.3 Å². The Morgan fingerprint density at radius 3 is 2.74 bits per heavy atom. The molecule has 0 unspecified atom stereocenters. The molecule has 100 valence electrons. The summed E-state index contributed by atoms with van der Waals surface area (Å²) in [5.74, 6) is 0. The summed E-state index contributed by atoms with van der Waals surface area (Å²) in [6, 6.07) is 6.62. The van der Waals surface area contributed by atoms with Gasteiger partial charge in [0.25, 0.3) is 5.69 Å². The Morgan fingerprint density at radius 2 is 2.26 bits per heavy atom. The highest BCUT2D eigenvalue weighted by Gasteiger charge is 2.27. The van der Waals surface area contributed by atoms with Crippen molar-refractivity contribution in [2.75, 3.05) is 18.1 Å². The number of anilines is 1. The topological polar surface area (TPSA) is 90.4 Å². The molecule has 1 fully saturated rings. The minimum absolute atomic E-state index is 0.00163. The predicted octanol–water partition coefficient (Wildman–Crippen LogP) is 1.82. The first-order valence-electron chi connectivity index (χ1n) is 6.23. The zero-order valence-corrected chi connectivity index (χ0v) is 10.5. The lowest BCUT2D eigenvalue weighted by molar-refractivity contribution is -0.384. The summed E-state index contributed by atoms with van der Waals surface area (Å²) in [6.45, 7) is 0.440. The van der Waals surface area contributed by atoms with Gasteiger partial charge in [0.05, 0.1) is 22.8 Å². The van der Waals surface area contributed by atoms with Gasteiger partial charge in [0, 0.05) is 24.7 Å². The molecule has 0 bridgehead atoms. The van der Waals surface area contributed by atoms with Crippen LogP contribution in [-0.2, 0) is 0 Å². The minimum atomic E-state index is -0.510. The average Bonchev–Trinajstić information content (AvgIpc) is 2.35. The highest BCUT2D eigenvalue weighted by Crippen LogP contribution is 2.32. The second-order valence-electron chi connectivity index (χ2n) is 4.57. The Bertz CT molecular complexity index is 520. The summed E-state index contributed by atoms with van der Waals surface area (Å²) >= 11 is 0. The van der Waals surface area contributed by atoms with E-state index in [-0.39, 0.29) is 17.9 Å². The van der Waals surface area contributed by atoms with Crippen LogP contribution in [0.5, 0.6) is 0 Å². The molecule has 1 N–H and O–H groups in total. The summed E-state index contributed by atoms with van der Waals surface area (Å²) < 4.78 is 0. The Labute approximate surface area is 111 Å². The predicted molar refractivity (Wildman–Crippen MR) is 69.9 cm³/mol. The van der Waals surface area contributed by atoms with Crippen LogP contribution in [0.2, 0.25) is 0 Å². The quantitative estimate of drug-likeness (QED) is 0.645. The zero-order chi connectivity index (χ0) is 13.8. The zero-order valence-electron chi connectivity index (χ0n) is 10.5. The van der Waals surface area contributed by atoms with Crippen molar-refractivity contribution in [3.63, 3.8) is 0 Å². The van der Waals surface area contributed by atoms with Gasteiger partial charge in [0.1, 0.15) is 6.07 Å². The lowest BCUT2D eigenvalue weighted by atomic mass is 9.90. The third kappa shape index (κ3) is 2.66. The lowest BCUT2D eigenvalue weighted by Gasteiger charge is -2.39. The molecule has 1 aliphatic rings. The number of aliphatic hydroxyl groups is 1. The highest BCUT2D eigenvalue weighted by molar-refractivity contribution is 5.63. The third-order valence-corrected chi connectivity index (χ3v) is 3.48. The molecule has 1 saturated carbocycles. The highest BCUT2D eigenvalue weighted by atomic mass is 16.6. The molecule has 0 radical (unpaired) electrons. The Kier molecular flexibility index (Phi) is 3.97. The maximum absolute atomic E-state index is 10.7. The monoisotopic (exact) mass is 261 g/mol. The number of hydrogen-bond acceptors (Lipinski definition) is 5. The van der Waals surface area contributed by atoms with E-state index in [9.17, 15) is 10.1 Å². The SMILES string of the molecule is N#Cc1cc([N+](=O)[O-])ccc1N(CCO)C1CCC1. The van der Waals surface area contributed by atoms with E-state index in [0.29, 0.717) is 18.3 Å². The fraction of sp³-hybridized carbons (Fsp3) is 0.462. The van der Waals surface area contributed by atoms with Crippen molar-refractivity contribution in [2.24, 2.45) is 0 Å². The van der Waals surface area contributed by atoms with E-state index in [0.717, 1.165) is 19.3 Å². The van der Waals surface area contributed by atoms with Gasteiger partial charge in [-0.1, -0.05) is 0 Å². The van der Waals surface area contributed by atoms with Crippen LogP contribution in [0.15, 0.2) is 18.2 Å². The van der Waals surface area contributed by atoms with E-state index in [1.165, 1.54) is 12.1 Å². The first-order valence-corrected chi connectivity index (χ1v) is 6.23. The van der Waals surface area contributed by atoms with E-state index in [4.69, 9.17) is 10.4 Å². The van der Waals surface area contributed by atoms with Gasteiger partial charge in [-0.15, -0.1) is 0 Å². The molecule has 19 heavy (non-hydrogen) atoms. The van der Waals surface area contributed by atoms with E-state index in [1.54, 1.807) is 6.07 Å². The molecule has 0 aromatic heterocycles. The Morgan fingerprint density at radius 1 is 1.53 bits per heavy atom. The smallest absolute Gasteiger partial charge is 0.270 e. The number of nitro groups is 1. The largest absolute Gasteiger partial charge is 0.395 e. The van der Waals surface area contributed by atoms with Gasteiger partial charge in [0.2, 0.25) is 0 Å². The number of aliphatic hydroxyl groups excluding tert-OH is 1. The van der Waals surface area contributed by atoms with Crippen LogP contribution in [0.3, 0.4) is 0 Å². The van der Waals surface area contributed by atoms with Crippen molar-refractivity contribution < 1.29 is 10.0 Å². The summed E-state index contributed by atoms with van der Waals surface area (Å²) in [5.41, 5.74) is 0.874. The maximum Gasteiger partial charge on any atom is 0.270 e. The summed E-state index contributed by atoms with van der Waals surface area (Å²) in [4.78, 5) is 12.2. The van der Waals surface area contributed by atoms with Crippen molar-refractivity contribution in [3.8, 4) is 6.07 Å². The van der Waals surface area contributed by atoms with Crippen LogP contribution in [-0.4, -0.2) is 29.2 Å². The van der Waals surface area contributed by atoms with Gasteiger partial charge < -0.3 is 10.0 Å². The molecule has 0 saturated heterocycles. The number of hydrogen-bond donors (Lipinski definition) is 1. The molecule has 1 aromatic rings. The number of rotatable bonds is 5. The molecule has 0 atom stereocenters. The van der Waals surface area contributed by atoms with Crippen LogP contribution < -0.4 is 4.90 Å². The van der Waals surface area contributed by atoms with Crippen LogP contribution >= 0.6 is 0 Å². The van der Waals surface area contributed by atoms with E-state index in [1.807, 2.05) is 11.0 Å². The minimum Gasteiger partial charge on any atom is -0.395 e. The van der Waals surface area contributed by atoms with Gasteiger partial charge >= 0.3 is 0 Å². The van der Waals surface area contributed by atoms with Crippen molar-refractivity contribution in [1.29, 1.82) is 5.26 Å². The molecule has 0 spiro atoms. The standard InChI is InChI=1S/C13H15N3O3/c14-9-10-8-12(16(18)19)4-5-13(10)15(6-7-17)11-2-1-3-11/h4-5,8,11,17H,1-3,6-7H2. The molecule has 2 rings (SSSR count). The molecule has 0 heterocycles. The number of nitrogens with zero attached hydrogens (tertiary/aromatic N) is 3. The van der Waals surface area contributed by atoms with Crippen LogP contribution in [0, 0.1) is 21.4 Å². The normalized spacial score (nSPS) is 14.5. The van der Waals surface area contributed by atoms with Gasteiger partial charge in [-0.25, -0.2) is 0 Å². The summed E-state index contributed by atoms with van der Waals surface area (Å²) in [7, 11) is 0. The third-order valence-electron chi connectivity index (χ3n) is 3.48. The molecule has 0 aliphatic heterocycles. The van der Waals surface area contributed by atoms with Crippen LogP contribution in [0.25, 0.3) is 0 Å². The summed E-state index contributed by atoms with van der Waals surface area (Å²) in [5, 5.41) is 29.0. The van der Waals surface area contributed by atoms with E-state index >= 15 is 0 Å². The molecule has 6 nitrogen and oxygen atoms in total. The van der Waals surface area contributed by atoms with Crippen LogP contribution in [0.1, 0.15) is 24.8 Å². The Hall–Kier alpha value is -2.13. The average molecular weight is 261 g/mol. The molecular formula is C13H15N3O3. The van der Waals surface area contributed by atoms with Crippen molar-refractivity contribution in [1.82, 2.24) is 0 Å². The van der Waals surface area contributed by atoms with Gasteiger partial charge in [-0.2, -0.15) is 5.26 Å². The fourth-order valence-corrected chi connectivity index (χ4v) is 2.28. The molecular weight excluding hydrogens is 246 g/mol. The molecule has 6 heteroatoms. The van der Waals surface area contributed by atoms with E-state index in [2.05, 4.69) is 0 Å². The van der Waals surface area contributed by atoms with Crippen molar-refractivity contribution >= 4 is 11.4 Å². The number of nitro benzene ring substituents is 1. The first-order chi connectivity index (χ1) is 9.17. The fourth-order valence-electron chi connectivity index (χ4n) is 2.28. The van der Waals surface area contributed by atoms with Gasteiger partial charge in [-0.05, 0) is 25.3 Å². The van der Waals surface area contributed by atoms with Crippen LogP contribution in [0.4, 0.5) is 11.4 Å². The Balaban J connectivity index is 2.36. The molecule has 0 amide bonds. The van der Waals surface area contributed by atoms with Gasteiger partial charge in [-0.3, -0.25) is 10.1 Å². The second-order valence-corrected chi connectivity index (χ2v) is 4.57. The molecule has 1 aliphatic carbocycles. The maximum atomic E-state index is 10.7. The number of benzene rings is 1. The summed E-state index contributed by atoms with van der Waals surface area (Å²) in [6.07, 6.45) is 3.20. The van der Waals surface area contributed by atoms with E-state index < -0.39 is 4.92 Å². The first kappa shape index (κ1) is 13.3. The lowest BCUT2D eigenvalue weighted by Crippen LogP contribution is -2.42.